The Kier molecular flexibility index (Phi) is 3.83. The van der Waals surface area contributed by atoms with Gasteiger partial charge in [0.2, 0.25) is 0 Å². The topological polar surface area (TPSA) is 50.2 Å². The van der Waals surface area contributed by atoms with Crippen molar-refractivity contribution in [1.82, 2.24) is 4.98 Å². The Balaban J connectivity index is 2.68. The maximum Gasteiger partial charge on any atom is 0.306 e. The Morgan fingerprint density at radius 1 is 1.40 bits per heavy atom. The van der Waals surface area contributed by atoms with Crippen LogP contribution in [0.1, 0.15) is 37.9 Å². The zero-order valence-corrected chi connectivity index (χ0v) is 9.40. The Hall–Kier alpha value is -1.38. The van der Waals surface area contributed by atoms with Crippen molar-refractivity contribution >= 4 is 5.97 Å². The number of aliphatic carboxylic acids is 1. The lowest BCUT2D eigenvalue weighted by Crippen LogP contribution is -2.13. The summed E-state index contributed by atoms with van der Waals surface area (Å²) in [5.41, 5.74) is 2.02. The van der Waals surface area contributed by atoms with Gasteiger partial charge in [-0.2, -0.15) is 0 Å². The van der Waals surface area contributed by atoms with E-state index in [-0.39, 0.29) is 5.92 Å². The second kappa shape index (κ2) is 4.91. The summed E-state index contributed by atoms with van der Waals surface area (Å²) in [7, 11) is 0. The highest BCUT2D eigenvalue weighted by atomic mass is 16.4. The largest absolute Gasteiger partial charge is 0.481 e. The van der Waals surface area contributed by atoms with Gasteiger partial charge in [-0.1, -0.05) is 26.8 Å². The van der Waals surface area contributed by atoms with E-state index < -0.39 is 5.97 Å². The standard InChI is InChI=1S/C12H17NO2/c1-8(2)10-4-5-11(13-7-10)6-9(3)12(14)15/h4-5,7-9H,6H2,1-3H3,(H,14,15). The Labute approximate surface area is 90.2 Å². The van der Waals surface area contributed by atoms with Crippen LogP contribution in [0.25, 0.3) is 0 Å². The lowest BCUT2D eigenvalue weighted by atomic mass is 10.0. The molecule has 0 amide bonds. The number of hydrogen-bond acceptors (Lipinski definition) is 2. The highest BCUT2D eigenvalue weighted by Gasteiger charge is 2.12. The molecule has 1 aromatic rings. The zero-order valence-electron chi connectivity index (χ0n) is 9.40. The van der Waals surface area contributed by atoms with E-state index in [2.05, 4.69) is 18.8 Å². The van der Waals surface area contributed by atoms with Crippen LogP contribution < -0.4 is 0 Å². The molecule has 1 rings (SSSR count). The third-order valence-corrected chi connectivity index (χ3v) is 2.45. The first-order valence-electron chi connectivity index (χ1n) is 5.18. The van der Waals surface area contributed by atoms with Gasteiger partial charge in [0.25, 0.3) is 0 Å². The molecule has 0 saturated carbocycles. The van der Waals surface area contributed by atoms with Crippen LogP contribution in [-0.2, 0) is 11.2 Å². The maximum absolute atomic E-state index is 10.7. The molecule has 0 aliphatic heterocycles. The third-order valence-electron chi connectivity index (χ3n) is 2.45. The second-order valence-electron chi connectivity index (χ2n) is 4.18. The molecule has 0 aliphatic rings. The number of hydrogen-bond donors (Lipinski definition) is 1. The molecular weight excluding hydrogens is 190 g/mol. The monoisotopic (exact) mass is 207 g/mol. The van der Waals surface area contributed by atoms with E-state index in [9.17, 15) is 4.79 Å². The first kappa shape index (κ1) is 11.7. The fourth-order valence-corrected chi connectivity index (χ4v) is 1.30. The summed E-state index contributed by atoms with van der Waals surface area (Å²) in [6, 6.07) is 3.93. The smallest absolute Gasteiger partial charge is 0.306 e. The van der Waals surface area contributed by atoms with Crippen molar-refractivity contribution in [3.05, 3.63) is 29.6 Å². The molecule has 82 valence electrons. The number of rotatable bonds is 4. The molecule has 0 aromatic carbocycles. The van der Waals surface area contributed by atoms with Gasteiger partial charge in [0.1, 0.15) is 0 Å². The molecule has 0 radical (unpaired) electrons. The van der Waals surface area contributed by atoms with E-state index in [1.54, 1.807) is 6.92 Å². The molecule has 0 fully saturated rings. The molecule has 3 heteroatoms. The molecule has 1 heterocycles. The van der Waals surface area contributed by atoms with Crippen molar-refractivity contribution in [2.45, 2.75) is 33.1 Å². The van der Waals surface area contributed by atoms with Crippen LogP contribution in [0.4, 0.5) is 0 Å². The van der Waals surface area contributed by atoms with E-state index >= 15 is 0 Å². The Morgan fingerprint density at radius 3 is 2.47 bits per heavy atom. The predicted molar refractivity (Wildman–Crippen MR) is 58.8 cm³/mol. The fourth-order valence-electron chi connectivity index (χ4n) is 1.30. The van der Waals surface area contributed by atoms with Crippen molar-refractivity contribution < 1.29 is 9.90 Å². The summed E-state index contributed by atoms with van der Waals surface area (Å²) in [4.78, 5) is 14.9. The molecule has 1 unspecified atom stereocenters. The number of carboxylic acid groups (broad SMARTS) is 1. The van der Waals surface area contributed by atoms with Crippen LogP contribution in [0.3, 0.4) is 0 Å². The average molecular weight is 207 g/mol. The van der Waals surface area contributed by atoms with Crippen molar-refractivity contribution in [2.24, 2.45) is 5.92 Å². The van der Waals surface area contributed by atoms with E-state index in [4.69, 9.17) is 5.11 Å². The minimum absolute atomic E-state index is 0.373. The number of aromatic nitrogens is 1. The second-order valence-corrected chi connectivity index (χ2v) is 4.18. The maximum atomic E-state index is 10.7. The molecule has 0 spiro atoms. The summed E-state index contributed by atoms with van der Waals surface area (Å²) in [6.45, 7) is 5.91. The summed E-state index contributed by atoms with van der Waals surface area (Å²) in [5, 5.41) is 8.76. The normalized spacial score (nSPS) is 12.8. The van der Waals surface area contributed by atoms with Crippen molar-refractivity contribution in [3.8, 4) is 0 Å². The minimum atomic E-state index is -0.773. The molecule has 15 heavy (non-hydrogen) atoms. The van der Waals surface area contributed by atoms with Gasteiger partial charge >= 0.3 is 5.97 Å². The van der Waals surface area contributed by atoms with Gasteiger partial charge in [0, 0.05) is 18.3 Å². The van der Waals surface area contributed by atoms with Gasteiger partial charge in [0.05, 0.1) is 5.92 Å². The van der Waals surface area contributed by atoms with Crippen molar-refractivity contribution in [1.29, 1.82) is 0 Å². The van der Waals surface area contributed by atoms with Gasteiger partial charge in [-0.05, 0) is 17.5 Å². The molecule has 0 aliphatic carbocycles. The zero-order chi connectivity index (χ0) is 11.4. The van der Waals surface area contributed by atoms with E-state index in [0.717, 1.165) is 5.69 Å². The van der Waals surface area contributed by atoms with E-state index in [1.807, 2.05) is 18.3 Å². The fraction of sp³-hybridized carbons (Fsp3) is 0.500. The molecule has 1 atom stereocenters. The van der Waals surface area contributed by atoms with Gasteiger partial charge in [-0.3, -0.25) is 9.78 Å². The van der Waals surface area contributed by atoms with Gasteiger partial charge < -0.3 is 5.11 Å². The molecule has 1 aromatic heterocycles. The first-order chi connectivity index (χ1) is 7.00. The number of pyridine rings is 1. The lowest BCUT2D eigenvalue weighted by Gasteiger charge is -2.08. The number of carbonyl (C=O) groups is 1. The van der Waals surface area contributed by atoms with Crippen molar-refractivity contribution in [3.63, 3.8) is 0 Å². The van der Waals surface area contributed by atoms with Crippen LogP contribution >= 0.6 is 0 Å². The van der Waals surface area contributed by atoms with Crippen LogP contribution in [0.15, 0.2) is 18.3 Å². The molecule has 3 nitrogen and oxygen atoms in total. The molecule has 0 saturated heterocycles. The summed E-state index contributed by atoms with van der Waals surface area (Å²) < 4.78 is 0. The minimum Gasteiger partial charge on any atom is -0.481 e. The van der Waals surface area contributed by atoms with Gasteiger partial charge in [-0.15, -0.1) is 0 Å². The van der Waals surface area contributed by atoms with Crippen LogP contribution in [-0.4, -0.2) is 16.1 Å². The average Bonchev–Trinajstić information content (AvgIpc) is 2.18. The number of carboxylic acids is 1. The SMILES string of the molecule is CC(Cc1ccc(C(C)C)cn1)C(=O)O. The van der Waals surface area contributed by atoms with E-state index in [1.165, 1.54) is 5.56 Å². The summed E-state index contributed by atoms with van der Waals surface area (Å²) in [5.74, 6) is -0.685. The highest BCUT2D eigenvalue weighted by molar-refractivity contribution is 5.69. The Morgan fingerprint density at radius 2 is 2.07 bits per heavy atom. The first-order valence-corrected chi connectivity index (χ1v) is 5.18. The van der Waals surface area contributed by atoms with Crippen molar-refractivity contribution in [2.75, 3.05) is 0 Å². The van der Waals surface area contributed by atoms with Gasteiger partial charge in [0.15, 0.2) is 0 Å². The predicted octanol–water partition coefficient (Wildman–Crippen LogP) is 2.47. The van der Waals surface area contributed by atoms with Crippen LogP contribution in [0.5, 0.6) is 0 Å². The lowest BCUT2D eigenvalue weighted by molar-refractivity contribution is -0.141. The molecule has 1 N–H and O–H groups in total. The van der Waals surface area contributed by atoms with Gasteiger partial charge in [-0.25, -0.2) is 0 Å². The summed E-state index contributed by atoms with van der Waals surface area (Å²) >= 11 is 0. The number of nitrogens with zero attached hydrogens (tertiary/aromatic N) is 1. The Bertz CT molecular complexity index is 330. The molecule has 0 bridgehead atoms. The quantitative estimate of drug-likeness (QED) is 0.825. The third kappa shape index (κ3) is 3.35. The highest BCUT2D eigenvalue weighted by Crippen LogP contribution is 2.14. The van der Waals surface area contributed by atoms with Crippen LogP contribution in [0, 0.1) is 5.92 Å². The molecular formula is C12H17NO2. The van der Waals surface area contributed by atoms with Crippen LogP contribution in [0.2, 0.25) is 0 Å². The van der Waals surface area contributed by atoms with E-state index in [0.29, 0.717) is 12.3 Å². The summed E-state index contributed by atoms with van der Waals surface area (Å²) in [6.07, 6.45) is 2.32.